The summed E-state index contributed by atoms with van der Waals surface area (Å²) in [6.45, 7) is -0.0912. The molecular formula is C23H21IN4O4. The zero-order valence-corrected chi connectivity index (χ0v) is 19.5. The standard InChI is InChI=1S/C23H21IN4O4/c1-27-22(30)18(24)11-12-19-21(23(27)31)28(14-25-19)13-20(29)26-15-7-9-17(10-8-15)32-16-5-3-2-4-6-16/h2-10,14,18H,11-13H2,1H3,(H,26,29). The summed E-state index contributed by atoms with van der Waals surface area (Å²) in [5, 5.41) is 2.81. The van der Waals surface area contributed by atoms with E-state index in [2.05, 4.69) is 10.3 Å². The zero-order valence-electron chi connectivity index (χ0n) is 17.3. The zero-order chi connectivity index (χ0) is 22.7. The number of aryl methyl sites for hydroxylation is 1. The van der Waals surface area contributed by atoms with Crippen molar-refractivity contribution in [2.45, 2.75) is 23.3 Å². The minimum Gasteiger partial charge on any atom is -0.457 e. The van der Waals surface area contributed by atoms with Crippen LogP contribution in [0.1, 0.15) is 22.6 Å². The fourth-order valence-electron chi connectivity index (χ4n) is 3.42. The van der Waals surface area contributed by atoms with Crippen LogP contribution in [0.15, 0.2) is 60.9 Å². The average Bonchev–Trinajstić information content (AvgIpc) is 3.19. The topological polar surface area (TPSA) is 93.5 Å². The number of ether oxygens (including phenoxy) is 1. The maximum Gasteiger partial charge on any atom is 0.278 e. The van der Waals surface area contributed by atoms with E-state index >= 15 is 0 Å². The number of nitrogens with zero attached hydrogens (tertiary/aromatic N) is 3. The van der Waals surface area contributed by atoms with E-state index in [-0.39, 0.29) is 28.0 Å². The van der Waals surface area contributed by atoms with Gasteiger partial charge in [-0.25, -0.2) is 4.98 Å². The molecule has 2 aromatic carbocycles. The second-order valence-corrected chi connectivity index (χ2v) is 8.87. The number of alkyl halides is 1. The fraction of sp³-hybridized carbons (Fsp3) is 0.217. The molecule has 1 unspecified atom stereocenters. The van der Waals surface area contributed by atoms with Crippen molar-refractivity contribution in [2.24, 2.45) is 0 Å². The lowest BCUT2D eigenvalue weighted by Crippen LogP contribution is -2.41. The highest BCUT2D eigenvalue weighted by Gasteiger charge is 2.32. The summed E-state index contributed by atoms with van der Waals surface area (Å²) in [5.74, 6) is 0.382. The van der Waals surface area contributed by atoms with Crippen molar-refractivity contribution in [3.8, 4) is 11.5 Å². The van der Waals surface area contributed by atoms with E-state index in [1.54, 1.807) is 24.3 Å². The summed E-state index contributed by atoms with van der Waals surface area (Å²) in [5.41, 5.74) is 1.49. The first kappa shape index (κ1) is 22.0. The van der Waals surface area contributed by atoms with Crippen LogP contribution in [0.3, 0.4) is 0 Å². The van der Waals surface area contributed by atoms with E-state index in [1.807, 2.05) is 52.9 Å². The summed E-state index contributed by atoms with van der Waals surface area (Å²) in [7, 11) is 1.46. The molecule has 0 bridgehead atoms. The molecule has 1 atom stereocenters. The molecule has 1 N–H and O–H groups in total. The number of aromatic nitrogens is 2. The maximum atomic E-state index is 12.8. The number of imidazole rings is 1. The Morgan fingerprint density at radius 3 is 2.53 bits per heavy atom. The molecule has 1 aromatic heterocycles. The molecule has 0 aliphatic carbocycles. The third kappa shape index (κ3) is 4.82. The van der Waals surface area contributed by atoms with Crippen molar-refractivity contribution in [1.29, 1.82) is 0 Å². The van der Waals surface area contributed by atoms with E-state index < -0.39 is 5.91 Å². The van der Waals surface area contributed by atoms with Crippen LogP contribution in [0.25, 0.3) is 0 Å². The molecule has 3 aromatic rings. The van der Waals surface area contributed by atoms with Gasteiger partial charge in [0.25, 0.3) is 5.91 Å². The third-order valence-corrected chi connectivity index (χ3v) is 6.24. The highest BCUT2D eigenvalue weighted by molar-refractivity contribution is 14.1. The number of rotatable bonds is 5. The van der Waals surface area contributed by atoms with Gasteiger partial charge in [0.05, 0.1) is 15.9 Å². The molecule has 4 rings (SSSR count). The average molecular weight is 544 g/mol. The second kappa shape index (κ2) is 9.51. The summed E-state index contributed by atoms with van der Waals surface area (Å²) >= 11 is 2.05. The van der Waals surface area contributed by atoms with Crippen molar-refractivity contribution in [3.05, 3.63) is 72.3 Å². The number of imide groups is 1. The van der Waals surface area contributed by atoms with Gasteiger partial charge in [0.1, 0.15) is 23.7 Å². The van der Waals surface area contributed by atoms with Gasteiger partial charge < -0.3 is 14.6 Å². The normalized spacial score (nSPS) is 16.2. The van der Waals surface area contributed by atoms with Crippen LogP contribution in [0.4, 0.5) is 5.69 Å². The SMILES string of the molecule is CN1C(=O)c2c(ncn2CC(=O)Nc2ccc(Oc3ccccc3)cc2)CCC(I)C1=O. The van der Waals surface area contributed by atoms with Gasteiger partial charge in [-0.2, -0.15) is 0 Å². The summed E-state index contributed by atoms with van der Waals surface area (Å²) < 4.78 is 6.97. The molecule has 164 valence electrons. The van der Waals surface area contributed by atoms with Gasteiger partial charge in [0.15, 0.2) is 0 Å². The summed E-state index contributed by atoms with van der Waals surface area (Å²) in [4.78, 5) is 43.2. The number of carbonyl (C=O) groups excluding carboxylic acids is 3. The molecule has 3 amide bonds. The lowest BCUT2D eigenvalue weighted by molar-refractivity contribution is -0.126. The van der Waals surface area contributed by atoms with Gasteiger partial charge in [-0.05, 0) is 49.2 Å². The Balaban J connectivity index is 1.43. The summed E-state index contributed by atoms with van der Waals surface area (Å²) in [6, 6.07) is 16.4. The highest BCUT2D eigenvalue weighted by atomic mass is 127. The minimum absolute atomic E-state index is 0.0912. The molecule has 0 radical (unpaired) electrons. The van der Waals surface area contributed by atoms with Crippen molar-refractivity contribution >= 4 is 46.0 Å². The van der Waals surface area contributed by atoms with E-state index in [0.717, 1.165) is 10.6 Å². The highest BCUT2D eigenvalue weighted by Crippen LogP contribution is 2.24. The number of fused-ring (bicyclic) bond motifs is 1. The Morgan fingerprint density at radius 2 is 1.81 bits per heavy atom. The van der Waals surface area contributed by atoms with Gasteiger partial charge in [0.2, 0.25) is 11.8 Å². The quantitative estimate of drug-likeness (QED) is 0.301. The van der Waals surface area contributed by atoms with E-state index in [1.165, 1.54) is 17.9 Å². The lowest BCUT2D eigenvalue weighted by Gasteiger charge is -2.22. The number of nitrogens with one attached hydrogen (secondary N) is 1. The third-order valence-electron chi connectivity index (χ3n) is 5.08. The molecule has 1 aliphatic heterocycles. The van der Waals surface area contributed by atoms with Crippen LogP contribution >= 0.6 is 22.6 Å². The predicted molar refractivity (Wildman–Crippen MR) is 127 cm³/mol. The Kier molecular flexibility index (Phi) is 6.54. The lowest BCUT2D eigenvalue weighted by atomic mass is 10.1. The van der Waals surface area contributed by atoms with Gasteiger partial charge >= 0.3 is 0 Å². The van der Waals surface area contributed by atoms with Gasteiger partial charge in [-0.1, -0.05) is 40.8 Å². The monoisotopic (exact) mass is 544 g/mol. The Labute approximate surface area is 198 Å². The summed E-state index contributed by atoms with van der Waals surface area (Å²) in [6.07, 6.45) is 2.57. The number of hydrogen-bond donors (Lipinski definition) is 1. The number of hydrogen-bond acceptors (Lipinski definition) is 5. The van der Waals surface area contributed by atoms with Crippen LogP contribution in [0.2, 0.25) is 0 Å². The first-order valence-corrected chi connectivity index (χ1v) is 11.3. The minimum atomic E-state index is -0.445. The van der Waals surface area contributed by atoms with Crippen LogP contribution < -0.4 is 10.1 Å². The molecule has 2 heterocycles. The number of anilines is 1. The Morgan fingerprint density at radius 1 is 1.12 bits per heavy atom. The van der Waals surface area contributed by atoms with Crippen molar-refractivity contribution in [1.82, 2.24) is 14.5 Å². The van der Waals surface area contributed by atoms with Crippen LogP contribution in [0, 0.1) is 0 Å². The van der Waals surface area contributed by atoms with Gasteiger partial charge in [0, 0.05) is 12.7 Å². The maximum absolute atomic E-state index is 12.8. The van der Waals surface area contributed by atoms with Gasteiger partial charge in [-0.3, -0.25) is 19.3 Å². The van der Waals surface area contributed by atoms with Crippen molar-refractivity contribution < 1.29 is 19.1 Å². The molecule has 0 saturated heterocycles. The predicted octanol–water partition coefficient (Wildman–Crippen LogP) is 3.66. The van der Waals surface area contributed by atoms with E-state index in [0.29, 0.717) is 30.0 Å². The van der Waals surface area contributed by atoms with Crippen molar-refractivity contribution in [2.75, 3.05) is 12.4 Å². The van der Waals surface area contributed by atoms with Crippen LogP contribution in [0.5, 0.6) is 11.5 Å². The molecule has 9 heteroatoms. The van der Waals surface area contributed by atoms with E-state index in [4.69, 9.17) is 4.74 Å². The smallest absolute Gasteiger partial charge is 0.278 e. The first-order valence-electron chi connectivity index (χ1n) is 10.0. The number of benzene rings is 2. The molecule has 32 heavy (non-hydrogen) atoms. The number of carbonyl (C=O) groups is 3. The fourth-order valence-corrected chi connectivity index (χ4v) is 4.14. The number of para-hydroxylation sites is 1. The van der Waals surface area contributed by atoms with Crippen molar-refractivity contribution in [3.63, 3.8) is 0 Å². The molecular weight excluding hydrogens is 523 g/mol. The van der Waals surface area contributed by atoms with Crippen LogP contribution in [-0.2, 0) is 22.6 Å². The first-order chi connectivity index (χ1) is 15.4. The Bertz CT molecular complexity index is 1140. The molecule has 1 aliphatic rings. The number of amides is 3. The van der Waals surface area contributed by atoms with Gasteiger partial charge in [-0.15, -0.1) is 0 Å². The molecule has 0 fully saturated rings. The Hall–Kier alpha value is -3.21. The second-order valence-electron chi connectivity index (χ2n) is 7.36. The molecule has 8 nitrogen and oxygen atoms in total. The van der Waals surface area contributed by atoms with E-state index in [9.17, 15) is 14.4 Å². The van der Waals surface area contributed by atoms with Crippen LogP contribution in [-0.4, -0.2) is 43.1 Å². The largest absolute Gasteiger partial charge is 0.457 e. The number of halogens is 1. The molecule has 0 saturated carbocycles. The molecule has 0 spiro atoms.